The van der Waals surface area contributed by atoms with Crippen molar-refractivity contribution in [1.82, 2.24) is 5.43 Å². The van der Waals surface area contributed by atoms with Crippen LogP contribution in [-0.4, -0.2) is 34.7 Å². The number of sulfonamides is 1. The molecule has 0 aliphatic carbocycles. The Bertz CT molecular complexity index is 1020. The van der Waals surface area contributed by atoms with Gasteiger partial charge in [0.15, 0.2) is 0 Å². The summed E-state index contributed by atoms with van der Waals surface area (Å²) in [5.41, 5.74) is 5.98. The Morgan fingerprint density at radius 1 is 1.19 bits per heavy atom. The number of anilines is 2. The number of para-hydroxylation sites is 1. The van der Waals surface area contributed by atoms with Crippen molar-refractivity contribution in [2.45, 2.75) is 38.1 Å². The molecule has 2 aromatic rings. The lowest BCUT2D eigenvalue weighted by Gasteiger charge is -2.29. The minimum Gasteiger partial charge on any atom is -0.381 e. The van der Waals surface area contributed by atoms with Crippen molar-refractivity contribution in [3.63, 3.8) is 0 Å². The van der Waals surface area contributed by atoms with Crippen LogP contribution in [0.5, 0.6) is 0 Å². The summed E-state index contributed by atoms with van der Waals surface area (Å²) in [5.74, 6) is 0.731. The smallest absolute Gasteiger partial charge is 0.264 e. The number of rotatable bonds is 7. The fourth-order valence-electron chi connectivity index (χ4n) is 4.18. The summed E-state index contributed by atoms with van der Waals surface area (Å²) in [6, 6.07) is 12.5. The van der Waals surface area contributed by atoms with Gasteiger partial charge in [0.1, 0.15) is 0 Å². The van der Waals surface area contributed by atoms with Gasteiger partial charge in [0.2, 0.25) is 0 Å². The molecule has 168 valence electrons. The Morgan fingerprint density at radius 2 is 1.94 bits per heavy atom. The molecular formula is C23H30ClN3O3S. The van der Waals surface area contributed by atoms with E-state index in [1.54, 1.807) is 30.3 Å². The molecule has 6 nitrogen and oxygen atoms in total. The molecule has 0 saturated carbocycles. The number of fused-ring (bicyclic) bond motifs is 1. The van der Waals surface area contributed by atoms with Crippen molar-refractivity contribution in [3.8, 4) is 0 Å². The third kappa shape index (κ3) is 4.85. The number of benzene rings is 2. The topological polar surface area (TPSA) is 61.9 Å². The summed E-state index contributed by atoms with van der Waals surface area (Å²) in [5, 5.41) is 2.58. The maximum absolute atomic E-state index is 13.6. The largest absolute Gasteiger partial charge is 0.381 e. The van der Waals surface area contributed by atoms with Crippen molar-refractivity contribution in [2.75, 3.05) is 35.6 Å². The monoisotopic (exact) mass is 463 g/mol. The molecule has 4 rings (SSSR count). The first-order valence-electron chi connectivity index (χ1n) is 10.8. The highest BCUT2D eigenvalue weighted by molar-refractivity contribution is 7.92. The standard InChI is InChI=1S/C23H30ClN3O3S/c1-17(2)15-27(23-6-4-3-5-21(23)24)31(28,29)20-7-8-22-19(13-20)14-25-26(22)16-18-9-11-30-12-10-18/h3-8,13,17-18,25H,9-12,14-16H2,1-2H3. The summed E-state index contributed by atoms with van der Waals surface area (Å²) in [7, 11) is -3.75. The van der Waals surface area contributed by atoms with Gasteiger partial charge in [0.25, 0.3) is 10.0 Å². The predicted octanol–water partition coefficient (Wildman–Crippen LogP) is 4.44. The Morgan fingerprint density at radius 3 is 2.65 bits per heavy atom. The first-order chi connectivity index (χ1) is 14.9. The molecule has 0 atom stereocenters. The fraction of sp³-hybridized carbons (Fsp3) is 0.478. The second-order valence-electron chi connectivity index (χ2n) is 8.67. The molecule has 1 saturated heterocycles. The maximum Gasteiger partial charge on any atom is 0.264 e. The van der Waals surface area contributed by atoms with Crippen molar-refractivity contribution in [2.24, 2.45) is 11.8 Å². The van der Waals surface area contributed by atoms with Crippen LogP contribution >= 0.6 is 11.6 Å². The van der Waals surface area contributed by atoms with Crippen LogP contribution in [-0.2, 0) is 21.3 Å². The molecule has 2 aliphatic rings. The van der Waals surface area contributed by atoms with Crippen molar-refractivity contribution in [3.05, 3.63) is 53.1 Å². The fourth-order valence-corrected chi connectivity index (χ4v) is 6.17. The normalized spacial score (nSPS) is 17.2. The molecule has 1 fully saturated rings. The van der Waals surface area contributed by atoms with E-state index in [0.717, 1.165) is 43.9 Å². The summed E-state index contributed by atoms with van der Waals surface area (Å²) in [6.45, 7) is 7.52. The lowest BCUT2D eigenvalue weighted by Crippen LogP contribution is -2.38. The molecule has 8 heteroatoms. The van der Waals surface area contributed by atoms with Gasteiger partial charge in [0.05, 0.1) is 21.3 Å². The van der Waals surface area contributed by atoms with Crippen LogP contribution in [0.4, 0.5) is 11.4 Å². The predicted molar refractivity (Wildman–Crippen MR) is 125 cm³/mol. The van der Waals surface area contributed by atoms with Gasteiger partial charge in [-0.05, 0) is 60.6 Å². The van der Waals surface area contributed by atoms with E-state index in [1.807, 2.05) is 26.0 Å². The van der Waals surface area contributed by atoms with Gasteiger partial charge in [-0.2, -0.15) is 0 Å². The highest BCUT2D eigenvalue weighted by Gasteiger charge is 2.30. The van der Waals surface area contributed by atoms with E-state index in [9.17, 15) is 8.42 Å². The second-order valence-corrected chi connectivity index (χ2v) is 10.9. The Labute approximate surface area is 190 Å². The lowest BCUT2D eigenvalue weighted by atomic mass is 10.00. The van der Waals surface area contributed by atoms with E-state index in [2.05, 4.69) is 10.4 Å². The van der Waals surface area contributed by atoms with E-state index in [1.165, 1.54) is 4.31 Å². The van der Waals surface area contributed by atoms with Gasteiger partial charge in [0, 0.05) is 32.8 Å². The highest BCUT2D eigenvalue weighted by Crippen LogP contribution is 2.34. The molecule has 0 bridgehead atoms. The number of nitrogens with zero attached hydrogens (tertiary/aromatic N) is 2. The van der Waals surface area contributed by atoms with Gasteiger partial charge in [-0.25, -0.2) is 13.8 Å². The van der Waals surface area contributed by atoms with E-state index < -0.39 is 10.0 Å². The van der Waals surface area contributed by atoms with Crippen molar-refractivity contribution < 1.29 is 13.2 Å². The van der Waals surface area contributed by atoms with Crippen molar-refractivity contribution in [1.29, 1.82) is 0 Å². The molecule has 0 unspecified atom stereocenters. The maximum atomic E-state index is 13.6. The van der Waals surface area contributed by atoms with Gasteiger partial charge in [-0.15, -0.1) is 0 Å². The Balaban J connectivity index is 1.61. The zero-order valence-electron chi connectivity index (χ0n) is 18.1. The van der Waals surface area contributed by atoms with Crippen LogP contribution in [0.1, 0.15) is 32.3 Å². The zero-order valence-corrected chi connectivity index (χ0v) is 19.6. The van der Waals surface area contributed by atoms with E-state index in [-0.39, 0.29) is 5.92 Å². The molecule has 0 radical (unpaired) electrons. The summed E-state index contributed by atoms with van der Waals surface area (Å²) < 4.78 is 34.2. The number of nitrogens with one attached hydrogen (secondary N) is 1. The van der Waals surface area contributed by atoms with Crippen LogP contribution < -0.4 is 14.7 Å². The number of hydrogen-bond acceptors (Lipinski definition) is 5. The third-order valence-corrected chi connectivity index (χ3v) is 7.92. The van der Waals surface area contributed by atoms with Gasteiger partial charge >= 0.3 is 0 Å². The average molecular weight is 464 g/mol. The Hall–Kier alpha value is -1.80. The van der Waals surface area contributed by atoms with Crippen molar-refractivity contribution >= 4 is 33.0 Å². The summed E-state index contributed by atoms with van der Waals surface area (Å²) >= 11 is 6.37. The first-order valence-corrected chi connectivity index (χ1v) is 12.7. The van der Waals surface area contributed by atoms with Crippen LogP contribution in [0.3, 0.4) is 0 Å². The van der Waals surface area contributed by atoms with Gasteiger partial charge in [-0.3, -0.25) is 4.31 Å². The van der Waals surface area contributed by atoms with Crippen LogP contribution in [0.25, 0.3) is 0 Å². The minimum atomic E-state index is -3.75. The third-order valence-electron chi connectivity index (χ3n) is 5.82. The number of halogens is 1. The Kier molecular flexibility index (Phi) is 6.77. The summed E-state index contributed by atoms with van der Waals surface area (Å²) in [4.78, 5) is 0.293. The molecule has 0 spiro atoms. The summed E-state index contributed by atoms with van der Waals surface area (Å²) in [6.07, 6.45) is 2.12. The molecule has 1 N–H and O–H groups in total. The highest BCUT2D eigenvalue weighted by atomic mass is 35.5. The lowest BCUT2D eigenvalue weighted by molar-refractivity contribution is 0.0677. The molecule has 2 aliphatic heterocycles. The quantitative estimate of drug-likeness (QED) is 0.657. The molecule has 2 aromatic carbocycles. The second kappa shape index (κ2) is 9.36. The van der Waals surface area contributed by atoms with E-state index >= 15 is 0 Å². The van der Waals surface area contributed by atoms with E-state index in [4.69, 9.17) is 16.3 Å². The molecule has 0 amide bonds. The molecule has 31 heavy (non-hydrogen) atoms. The first kappa shape index (κ1) is 22.4. The number of ether oxygens (including phenoxy) is 1. The van der Waals surface area contributed by atoms with E-state index in [0.29, 0.717) is 34.6 Å². The van der Waals surface area contributed by atoms with Crippen LogP contribution in [0.2, 0.25) is 5.02 Å². The molecule has 0 aromatic heterocycles. The van der Waals surface area contributed by atoms with Crippen LogP contribution in [0.15, 0.2) is 47.4 Å². The van der Waals surface area contributed by atoms with Gasteiger partial charge in [-0.1, -0.05) is 37.6 Å². The molecule has 2 heterocycles. The number of hydrazine groups is 1. The minimum absolute atomic E-state index is 0.150. The van der Waals surface area contributed by atoms with Gasteiger partial charge < -0.3 is 9.75 Å². The van der Waals surface area contributed by atoms with Crippen LogP contribution in [0, 0.1) is 11.8 Å². The average Bonchev–Trinajstić information content (AvgIpc) is 3.15. The SMILES string of the molecule is CC(C)CN(c1ccccc1Cl)S(=O)(=O)c1ccc2c(c1)CNN2CC1CCOCC1. The zero-order chi connectivity index (χ0) is 22.0. The number of hydrogen-bond donors (Lipinski definition) is 1. The molecular weight excluding hydrogens is 434 g/mol.